The van der Waals surface area contributed by atoms with Crippen LogP contribution < -0.4 is 5.32 Å². The molecule has 0 aromatic heterocycles. The molecule has 0 saturated carbocycles. The molecule has 9 heteroatoms. The highest BCUT2D eigenvalue weighted by atomic mass is 19.3. The van der Waals surface area contributed by atoms with Gasteiger partial charge in [0.15, 0.2) is 0 Å². The SMILES string of the molecule is CC(C)(C)OC(=O)NC(Cc1cccc(-c2ccccc2)c1F)C(O)C(F)(F)C(=O)O. The third-order valence-corrected chi connectivity index (χ3v) is 4.34. The van der Waals surface area contributed by atoms with Gasteiger partial charge in [0.2, 0.25) is 0 Å². The van der Waals surface area contributed by atoms with Gasteiger partial charge in [0.05, 0.1) is 6.04 Å². The zero-order valence-corrected chi connectivity index (χ0v) is 17.2. The summed E-state index contributed by atoms with van der Waals surface area (Å²) in [5, 5.41) is 20.9. The third-order valence-electron chi connectivity index (χ3n) is 4.34. The van der Waals surface area contributed by atoms with Gasteiger partial charge in [-0.05, 0) is 38.3 Å². The first-order chi connectivity index (χ1) is 14.3. The molecule has 2 aromatic carbocycles. The zero-order chi connectivity index (χ0) is 23.4. The Labute approximate surface area is 177 Å². The van der Waals surface area contributed by atoms with E-state index in [0.29, 0.717) is 5.56 Å². The van der Waals surface area contributed by atoms with Gasteiger partial charge < -0.3 is 20.3 Å². The maximum absolute atomic E-state index is 15.1. The maximum atomic E-state index is 15.1. The Morgan fingerprint density at radius 2 is 1.68 bits per heavy atom. The molecule has 6 nitrogen and oxygen atoms in total. The lowest BCUT2D eigenvalue weighted by molar-refractivity contribution is -0.185. The minimum Gasteiger partial charge on any atom is -0.477 e. The lowest BCUT2D eigenvalue weighted by Crippen LogP contribution is -2.56. The summed E-state index contributed by atoms with van der Waals surface area (Å²) < 4.78 is 48.1. The number of carboxylic acids is 1. The topological polar surface area (TPSA) is 95.9 Å². The number of aliphatic carboxylic acids is 1. The standard InChI is InChI=1S/C22H24F3NO5/c1-21(2,3)31-20(30)26-16(18(27)22(24,25)19(28)29)12-14-10-7-11-15(17(14)23)13-8-5-4-6-9-13/h4-11,16,18,27H,12H2,1-3H3,(H,26,30)(H,28,29). The molecule has 0 bridgehead atoms. The van der Waals surface area contributed by atoms with E-state index in [1.165, 1.54) is 39.0 Å². The Morgan fingerprint density at radius 3 is 2.23 bits per heavy atom. The molecule has 2 rings (SSSR count). The van der Waals surface area contributed by atoms with Gasteiger partial charge in [-0.25, -0.2) is 14.0 Å². The number of ether oxygens (including phenoxy) is 1. The van der Waals surface area contributed by atoms with Crippen LogP contribution in [-0.2, 0) is 16.0 Å². The quantitative estimate of drug-likeness (QED) is 0.606. The Morgan fingerprint density at radius 1 is 1.06 bits per heavy atom. The third kappa shape index (κ3) is 6.21. The van der Waals surface area contributed by atoms with Crippen molar-refractivity contribution in [3.8, 4) is 11.1 Å². The number of nitrogens with one attached hydrogen (secondary N) is 1. The normalized spacial score (nSPS) is 13.9. The lowest BCUT2D eigenvalue weighted by Gasteiger charge is -2.29. The van der Waals surface area contributed by atoms with Crippen LogP contribution in [0.25, 0.3) is 11.1 Å². The number of halogens is 3. The summed E-state index contributed by atoms with van der Waals surface area (Å²) in [5.41, 5.74) is -0.348. The average molecular weight is 439 g/mol. The van der Waals surface area contributed by atoms with E-state index in [1.807, 2.05) is 5.32 Å². The first-order valence-electron chi connectivity index (χ1n) is 9.44. The molecule has 31 heavy (non-hydrogen) atoms. The van der Waals surface area contributed by atoms with Crippen molar-refractivity contribution in [2.75, 3.05) is 0 Å². The molecule has 0 aliphatic carbocycles. The van der Waals surface area contributed by atoms with E-state index in [-0.39, 0.29) is 11.1 Å². The van der Waals surface area contributed by atoms with Crippen LogP contribution in [0, 0.1) is 5.82 Å². The van der Waals surface area contributed by atoms with Gasteiger partial charge in [0.1, 0.15) is 17.5 Å². The van der Waals surface area contributed by atoms with Crippen molar-refractivity contribution in [1.29, 1.82) is 0 Å². The lowest BCUT2D eigenvalue weighted by atomic mass is 9.94. The van der Waals surface area contributed by atoms with Gasteiger partial charge in [0.25, 0.3) is 0 Å². The second kappa shape index (κ2) is 9.38. The van der Waals surface area contributed by atoms with Crippen molar-refractivity contribution in [3.05, 3.63) is 59.9 Å². The monoisotopic (exact) mass is 439 g/mol. The molecule has 3 N–H and O–H groups in total. The Kier molecular flexibility index (Phi) is 7.32. The molecule has 168 valence electrons. The van der Waals surface area contributed by atoms with Crippen LogP contribution in [0.5, 0.6) is 0 Å². The fourth-order valence-electron chi connectivity index (χ4n) is 2.89. The van der Waals surface area contributed by atoms with E-state index in [1.54, 1.807) is 30.3 Å². The van der Waals surface area contributed by atoms with Crippen molar-refractivity contribution >= 4 is 12.1 Å². The molecule has 0 aliphatic heterocycles. The highest BCUT2D eigenvalue weighted by Gasteiger charge is 2.51. The van der Waals surface area contributed by atoms with Gasteiger partial charge in [-0.3, -0.25) is 0 Å². The molecule has 2 unspecified atom stereocenters. The minimum atomic E-state index is -4.59. The number of hydrogen-bond donors (Lipinski definition) is 3. The van der Waals surface area contributed by atoms with Gasteiger partial charge >= 0.3 is 18.0 Å². The van der Waals surface area contributed by atoms with Crippen LogP contribution in [0.15, 0.2) is 48.5 Å². The fourth-order valence-corrected chi connectivity index (χ4v) is 2.89. The van der Waals surface area contributed by atoms with Gasteiger partial charge in [-0.15, -0.1) is 0 Å². The second-order valence-electron chi connectivity index (χ2n) is 7.97. The molecule has 0 saturated heterocycles. The highest BCUT2D eigenvalue weighted by molar-refractivity contribution is 5.76. The number of alkyl carbamates (subject to hydrolysis) is 1. The number of hydrogen-bond acceptors (Lipinski definition) is 4. The molecular formula is C22H24F3NO5. The number of carbonyl (C=O) groups is 2. The molecule has 2 atom stereocenters. The van der Waals surface area contributed by atoms with Crippen molar-refractivity contribution in [2.45, 2.75) is 50.9 Å². The van der Waals surface area contributed by atoms with E-state index in [0.717, 1.165) is 0 Å². The number of aliphatic hydroxyl groups is 1. The van der Waals surface area contributed by atoms with Crippen molar-refractivity contribution < 1.29 is 37.7 Å². The van der Waals surface area contributed by atoms with Crippen molar-refractivity contribution in [2.24, 2.45) is 0 Å². The number of aliphatic hydroxyl groups excluding tert-OH is 1. The van der Waals surface area contributed by atoms with Crippen LogP contribution in [0.1, 0.15) is 26.3 Å². The Balaban J connectivity index is 2.39. The number of carbonyl (C=O) groups excluding carboxylic acids is 1. The molecule has 0 heterocycles. The van der Waals surface area contributed by atoms with E-state index in [4.69, 9.17) is 9.84 Å². The van der Waals surface area contributed by atoms with Crippen molar-refractivity contribution in [3.63, 3.8) is 0 Å². The summed E-state index contributed by atoms with van der Waals surface area (Å²) >= 11 is 0. The van der Waals surface area contributed by atoms with Crippen LogP contribution in [0.3, 0.4) is 0 Å². The van der Waals surface area contributed by atoms with E-state index in [9.17, 15) is 23.5 Å². The van der Waals surface area contributed by atoms with Gasteiger partial charge in [-0.2, -0.15) is 8.78 Å². The summed E-state index contributed by atoms with van der Waals surface area (Å²) in [6.45, 7) is 4.60. The number of benzene rings is 2. The van der Waals surface area contributed by atoms with Crippen LogP contribution >= 0.6 is 0 Å². The molecule has 0 spiro atoms. The summed E-state index contributed by atoms with van der Waals surface area (Å²) in [6, 6.07) is 10.9. The molecule has 2 aromatic rings. The number of amides is 1. The number of rotatable bonds is 7. The minimum absolute atomic E-state index is 0.0948. The second-order valence-corrected chi connectivity index (χ2v) is 7.97. The van der Waals surface area contributed by atoms with Crippen LogP contribution in [0.4, 0.5) is 18.0 Å². The van der Waals surface area contributed by atoms with E-state index < -0.39 is 48.0 Å². The van der Waals surface area contributed by atoms with Gasteiger partial charge in [-0.1, -0.05) is 48.5 Å². The summed E-state index contributed by atoms with van der Waals surface area (Å²) in [5.74, 6) is -7.90. The highest BCUT2D eigenvalue weighted by Crippen LogP contribution is 2.28. The average Bonchev–Trinajstić information content (AvgIpc) is 2.67. The predicted octanol–water partition coefficient (Wildman–Crippen LogP) is 4.01. The predicted molar refractivity (Wildman–Crippen MR) is 107 cm³/mol. The summed E-state index contributed by atoms with van der Waals surface area (Å²) in [7, 11) is 0. The van der Waals surface area contributed by atoms with Gasteiger partial charge in [0, 0.05) is 5.56 Å². The van der Waals surface area contributed by atoms with E-state index >= 15 is 4.39 Å². The summed E-state index contributed by atoms with van der Waals surface area (Å²) in [4.78, 5) is 23.0. The van der Waals surface area contributed by atoms with Crippen LogP contribution in [-0.4, -0.2) is 45.9 Å². The molecule has 0 radical (unpaired) electrons. The zero-order valence-electron chi connectivity index (χ0n) is 17.2. The molecular weight excluding hydrogens is 415 g/mol. The van der Waals surface area contributed by atoms with Crippen molar-refractivity contribution in [1.82, 2.24) is 5.32 Å². The first-order valence-corrected chi connectivity index (χ1v) is 9.44. The smallest absolute Gasteiger partial charge is 0.407 e. The molecule has 0 aliphatic rings. The van der Waals surface area contributed by atoms with Crippen LogP contribution in [0.2, 0.25) is 0 Å². The number of alkyl halides is 2. The maximum Gasteiger partial charge on any atom is 0.407 e. The molecule has 1 amide bonds. The Hall–Kier alpha value is -3.07. The first kappa shape index (κ1) is 24.2. The van der Waals surface area contributed by atoms with E-state index in [2.05, 4.69) is 0 Å². The largest absolute Gasteiger partial charge is 0.477 e. The molecule has 0 fully saturated rings. The number of carboxylic acid groups (broad SMARTS) is 1. The summed E-state index contributed by atoms with van der Waals surface area (Å²) in [6.07, 6.45) is -4.59. The fraction of sp³-hybridized carbons (Fsp3) is 0.364. The Bertz CT molecular complexity index is 928.